The molecule has 2 aromatic carbocycles. The second-order valence-electron chi connectivity index (χ2n) is 8.42. The van der Waals surface area contributed by atoms with E-state index in [2.05, 4.69) is 59.0 Å². The number of ether oxygens (including phenoxy) is 1. The molecule has 2 heterocycles. The number of hydrogen-bond acceptors (Lipinski definition) is 6. The third kappa shape index (κ3) is 5.47. The Morgan fingerprint density at radius 2 is 1.71 bits per heavy atom. The topological polar surface area (TPSA) is 61.8 Å². The number of piperazine rings is 1. The maximum atomic E-state index is 12.7. The summed E-state index contributed by atoms with van der Waals surface area (Å²) in [6, 6.07) is 20.1. The van der Waals surface area contributed by atoms with Gasteiger partial charge in [-0.2, -0.15) is 0 Å². The number of aryl methyl sites for hydroxylation is 1. The molecule has 1 aromatic heterocycles. The Kier molecular flexibility index (Phi) is 7.62. The van der Waals surface area contributed by atoms with Crippen molar-refractivity contribution in [3.8, 4) is 17.0 Å². The second-order valence-corrected chi connectivity index (χ2v) is 8.42. The summed E-state index contributed by atoms with van der Waals surface area (Å²) in [4.78, 5) is 19.0. The van der Waals surface area contributed by atoms with Crippen LogP contribution < -0.4 is 14.5 Å². The van der Waals surface area contributed by atoms with Crippen molar-refractivity contribution in [2.75, 3.05) is 55.7 Å². The van der Waals surface area contributed by atoms with E-state index in [1.54, 1.807) is 0 Å². The summed E-state index contributed by atoms with van der Waals surface area (Å²) in [6.45, 7) is 11.0. The molecular weight excluding hydrogens is 426 g/mol. The Balaban J connectivity index is 1.29. The van der Waals surface area contributed by atoms with Gasteiger partial charge in [-0.05, 0) is 50.6 Å². The number of rotatable bonds is 8. The van der Waals surface area contributed by atoms with Gasteiger partial charge in [0.05, 0.1) is 5.69 Å². The number of nitrogens with zero attached hydrogens (tertiary/aromatic N) is 5. The zero-order valence-electron chi connectivity index (χ0n) is 20.3. The van der Waals surface area contributed by atoms with E-state index in [-0.39, 0.29) is 12.5 Å². The molecule has 0 aliphatic carbocycles. The molecule has 178 valence electrons. The van der Waals surface area contributed by atoms with Crippen LogP contribution in [-0.4, -0.2) is 66.9 Å². The molecule has 0 unspecified atom stereocenters. The molecule has 3 aromatic rings. The first-order chi connectivity index (χ1) is 16.6. The average molecular weight is 460 g/mol. The van der Waals surface area contributed by atoms with Gasteiger partial charge in [-0.1, -0.05) is 30.3 Å². The molecule has 4 rings (SSSR count). The highest BCUT2D eigenvalue weighted by Crippen LogP contribution is 2.23. The normalized spacial score (nSPS) is 13.6. The molecule has 0 radical (unpaired) electrons. The van der Waals surface area contributed by atoms with Crippen LogP contribution in [0.3, 0.4) is 0 Å². The van der Waals surface area contributed by atoms with Crippen molar-refractivity contribution in [3.05, 3.63) is 66.2 Å². The van der Waals surface area contributed by atoms with Crippen LogP contribution in [0.2, 0.25) is 0 Å². The summed E-state index contributed by atoms with van der Waals surface area (Å²) >= 11 is 0. The largest absolute Gasteiger partial charge is 0.484 e. The maximum Gasteiger partial charge on any atom is 0.260 e. The Hall–Kier alpha value is -3.61. The first-order valence-corrected chi connectivity index (χ1v) is 12.0. The first-order valence-electron chi connectivity index (χ1n) is 12.0. The number of aromatic nitrogens is 2. The molecule has 1 saturated heterocycles. The molecule has 1 aliphatic rings. The van der Waals surface area contributed by atoms with E-state index in [0.717, 1.165) is 54.7 Å². The van der Waals surface area contributed by atoms with Crippen molar-refractivity contribution in [1.29, 1.82) is 0 Å². The molecule has 0 saturated carbocycles. The predicted molar refractivity (Wildman–Crippen MR) is 136 cm³/mol. The molecule has 1 fully saturated rings. The van der Waals surface area contributed by atoms with Crippen molar-refractivity contribution in [2.45, 2.75) is 20.8 Å². The van der Waals surface area contributed by atoms with Gasteiger partial charge in [0.25, 0.3) is 5.91 Å². The van der Waals surface area contributed by atoms with Crippen LogP contribution in [0.25, 0.3) is 11.3 Å². The molecule has 0 bridgehead atoms. The van der Waals surface area contributed by atoms with Gasteiger partial charge in [-0.15, -0.1) is 10.2 Å². The fraction of sp³-hybridized carbons (Fsp3) is 0.370. The van der Waals surface area contributed by atoms with Gasteiger partial charge >= 0.3 is 0 Å². The lowest BCUT2D eigenvalue weighted by atomic mass is 10.1. The van der Waals surface area contributed by atoms with Crippen LogP contribution in [0, 0.1) is 6.92 Å². The first kappa shape index (κ1) is 23.5. The van der Waals surface area contributed by atoms with Gasteiger partial charge < -0.3 is 19.4 Å². The van der Waals surface area contributed by atoms with Gasteiger partial charge in [-0.25, -0.2) is 0 Å². The van der Waals surface area contributed by atoms with E-state index in [0.29, 0.717) is 13.1 Å². The summed E-state index contributed by atoms with van der Waals surface area (Å²) in [5.74, 6) is 1.57. The Morgan fingerprint density at radius 3 is 2.38 bits per heavy atom. The lowest BCUT2D eigenvalue weighted by Crippen LogP contribution is -2.50. The van der Waals surface area contributed by atoms with Crippen molar-refractivity contribution in [1.82, 2.24) is 15.1 Å². The minimum absolute atomic E-state index is 0.00822. The van der Waals surface area contributed by atoms with E-state index in [9.17, 15) is 4.79 Å². The van der Waals surface area contributed by atoms with Crippen molar-refractivity contribution in [3.63, 3.8) is 0 Å². The van der Waals surface area contributed by atoms with E-state index in [1.165, 1.54) is 5.56 Å². The van der Waals surface area contributed by atoms with Crippen LogP contribution >= 0.6 is 0 Å². The zero-order valence-corrected chi connectivity index (χ0v) is 20.3. The number of carbonyl (C=O) groups is 1. The van der Waals surface area contributed by atoms with E-state index in [4.69, 9.17) is 4.74 Å². The highest BCUT2D eigenvalue weighted by Gasteiger charge is 2.22. The molecule has 1 amide bonds. The Morgan fingerprint density at radius 1 is 0.941 bits per heavy atom. The van der Waals surface area contributed by atoms with Gasteiger partial charge in [0.1, 0.15) is 5.75 Å². The minimum Gasteiger partial charge on any atom is -0.484 e. The van der Waals surface area contributed by atoms with Gasteiger partial charge in [0.15, 0.2) is 12.4 Å². The monoisotopic (exact) mass is 459 g/mol. The molecule has 7 nitrogen and oxygen atoms in total. The van der Waals surface area contributed by atoms with Crippen LogP contribution in [0.15, 0.2) is 60.7 Å². The summed E-state index contributed by atoms with van der Waals surface area (Å²) in [6.07, 6.45) is 0. The van der Waals surface area contributed by atoms with Crippen molar-refractivity contribution >= 4 is 17.4 Å². The second kappa shape index (κ2) is 11.0. The molecule has 7 heteroatoms. The van der Waals surface area contributed by atoms with Crippen LogP contribution in [0.5, 0.6) is 5.75 Å². The van der Waals surface area contributed by atoms with Gasteiger partial charge in [-0.3, -0.25) is 4.79 Å². The smallest absolute Gasteiger partial charge is 0.260 e. The number of carbonyl (C=O) groups excluding carboxylic acids is 1. The molecule has 1 aliphatic heterocycles. The molecule has 0 N–H and O–H groups in total. The third-order valence-electron chi connectivity index (χ3n) is 6.34. The summed E-state index contributed by atoms with van der Waals surface area (Å²) in [5.41, 5.74) is 4.26. The van der Waals surface area contributed by atoms with Crippen LogP contribution in [0.4, 0.5) is 11.5 Å². The maximum absolute atomic E-state index is 12.7. The minimum atomic E-state index is 0.00822. The van der Waals surface area contributed by atoms with E-state index >= 15 is 0 Å². The summed E-state index contributed by atoms with van der Waals surface area (Å²) < 4.78 is 5.82. The van der Waals surface area contributed by atoms with E-state index < -0.39 is 0 Å². The zero-order chi connectivity index (χ0) is 23.9. The number of benzene rings is 2. The summed E-state index contributed by atoms with van der Waals surface area (Å²) in [7, 11) is 0. The fourth-order valence-electron chi connectivity index (χ4n) is 4.28. The third-order valence-corrected chi connectivity index (χ3v) is 6.34. The van der Waals surface area contributed by atoms with Crippen LogP contribution in [0.1, 0.15) is 19.4 Å². The molecule has 34 heavy (non-hydrogen) atoms. The SMILES string of the molecule is CCN(CC)c1cccc(OCC(=O)N2CCN(c3ccc(-c4ccccc4C)nn3)CC2)c1. The summed E-state index contributed by atoms with van der Waals surface area (Å²) in [5, 5.41) is 8.88. The lowest BCUT2D eigenvalue weighted by Gasteiger charge is -2.35. The lowest BCUT2D eigenvalue weighted by molar-refractivity contribution is -0.133. The van der Waals surface area contributed by atoms with Gasteiger partial charge in [0.2, 0.25) is 0 Å². The van der Waals surface area contributed by atoms with Crippen molar-refractivity contribution < 1.29 is 9.53 Å². The number of hydrogen-bond donors (Lipinski definition) is 0. The average Bonchev–Trinajstić information content (AvgIpc) is 2.89. The highest BCUT2D eigenvalue weighted by atomic mass is 16.5. The number of amides is 1. The molecule has 0 spiro atoms. The van der Waals surface area contributed by atoms with Crippen LogP contribution in [-0.2, 0) is 4.79 Å². The highest BCUT2D eigenvalue weighted by molar-refractivity contribution is 5.78. The fourth-order valence-corrected chi connectivity index (χ4v) is 4.28. The Labute approximate surface area is 202 Å². The van der Waals surface area contributed by atoms with Crippen molar-refractivity contribution in [2.24, 2.45) is 0 Å². The predicted octanol–water partition coefficient (Wildman–Crippen LogP) is 4.03. The van der Waals surface area contributed by atoms with E-state index in [1.807, 2.05) is 47.4 Å². The molecular formula is C27H33N5O2. The number of anilines is 2. The Bertz CT molecular complexity index is 1090. The van der Waals surface area contributed by atoms with Gasteiger partial charge in [0, 0.05) is 56.6 Å². The standard InChI is InChI=1S/C27H33N5O2/c1-4-30(5-2)22-10-8-11-23(19-22)34-20-27(33)32-17-15-31(16-18-32)26-14-13-25(28-29-26)24-12-7-6-9-21(24)3/h6-14,19H,4-5,15-18,20H2,1-3H3. The molecule has 0 atom stereocenters. The quantitative estimate of drug-likeness (QED) is 0.507.